The van der Waals surface area contributed by atoms with Gasteiger partial charge in [0.15, 0.2) is 17.3 Å². The van der Waals surface area contributed by atoms with Gasteiger partial charge in [0, 0.05) is 36.4 Å². The van der Waals surface area contributed by atoms with Crippen LogP contribution in [0.15, 0.2) is 48.7 Å². The normalized spacial score (nSPS) is 14.0. The maximum atomic E-state index is 9.99. The Morgan fingerprint density at radius 1 is 1.19 bits per heavy atom. The van der Waals surface area contributed by atoms with Gasteiger partial charge in [-0.15, -0.1) is 0 Å². The number of rotatable bonds is 4. The number of methoxy groups -OCH3 is 1. The zero-order valence-electron chi connectivity index (χ0n) is 15.0. The van der Waals surface area contributed by atoms with Gasteiger partial charge in [-0.3, -0.25) is 4.90 Å². The molecule has 4 rings (SSSR count). The molecule has 0 bridgehead atoms. The smallest absolute Gasteiger partial charge is 0.160 e. The molecule has 1 aliphatic heterocycles. The number of phenols is 1. The van der Waals surface area contributed by atoms with E-state index >= 15 is 0 Å². The molecule has 0 fully saturated rings. The minimum atomic E-state index is 0.166. The second-order valence-corrected chi connectivity index (χ2v) is 7.08. The Morgan fingerprint density at radius 2 is 2.00 bits per heavy atom. The molecule has 1 N–H and O–H groups in total. The van der Waals surface area contributed by atoms with Crippen molar-refractivity contribution in [3.05, 3.63) is 70.5 Å². The standard InChI is InChI=1S/C21H20ClN3O2/c1-27-20-7-2-14(10-19(20)26)12-25-9-8-16-11-23-21(24-18(16)13-25)15-3-5-17(22)6-4-15/h2-7,10-11,26H,8-9,12-13H2,1H3. The predicted octanol–water partition coefficient (Wildman–Crippen LogP) is 4.07. The van der Waals surface area contributed by atoms with E-state index in [1.165, 1.54) is 5.56 Å². The van der Waals surface area contributed by atoms with Gasteiger partial charge in [0.05, 0.1) is 12.8 Å². The van der Waals surface area contributed by atoms with E-state index in [1.807, 2.05) is 36.5 Å². The average molecular weight is 382 g/mol. The molecule has 2 heterocycles. The monoisotopic (exact) mass is 381 g/mol. The molecule has 3 aromatic rings. The largest absolute Gasteiger partial charge is 0.504 e. The Bertz CT molecular complexity index is 960. The van der Waals surface area contributed by atoms with Crippen molar-refractivity contribution < 1.29 is 9.84 Å². The van der Waals surface area contributed by atoms with Crippen LogP contribution in [-0.4, -0.2) is 33.6 Å². The summed E-state index contributed by atoms with van der Waals surface area (Å²) >= 11 is 5.97. The van der Waals surface area contributed by atoms with Crippen molar-refractivity contribution in [3.8, 4) is 22.9 Å². The van der Waals surface area contributed by atoms with Crippen LogP contribution in [-0.2, 0) is 19.5 Å². The Morgan fingerprint density at radius 3 is 2.74 bits per heavy atom. The van der Waals surface area contributed by atoms with Gasteiger partial charge < -0.3 is 9.84 Å². The molecule has 0 amide bonds. The summed E-state index contributed by atoms with van der Waals surface area (Å²) in [5.74, 6) is 1.37. The Kier molecular flexibility index (Phi) is 4.97. The first-order valence-electron chi connectivity index (χ1n) is 8.81. The molecule has 0 aliphatic carbocycles. The zero-order chi connectivity index (χ0) is 18.8. The SMILES string of the molecule is COc1ccc(CN2CCc3cnc(-c4ccc(Cl)cc4)nc3C2)cc1O. The topological polar surface area (TPSA) is 58.5 Å². The van der Waals surface area contributed by atoms with Crippen molar-refractivity contribution in [2.75, 3.05) is 13.7 Å². The van der Waals surface area contributed by atoms with E-state index in [0.717, 1.165) is 42.9 Å². The number of aromatic hydroxyl groups is 1. The molecule has 0 atom stereocenters. The third-order valence-electron chi connectivity index (χ3n) is 4.78. The fraction of sp³-hybridized carbons (Fsp3) is 0.238. The lowest BCUT2D eigenvalue weighted by molar-refractivity contribution is 0.241. The minimum absolute atomic E-state index is 0.166. The van der Waals surface area contributed by atoms with Crippen LogP contribution in [0, 0.1) is 0 Å². The number of hydrogen-bond acceptors (Lipinski definition) is 5. The van der Waals surface area contributed by atoms with Crippen LogP contribution in [0.1, 0.15) is 16.8 Å². The van der Waals surface area contributed by atoms with E-state index in [2.05, 4.69) is 9.88 Å². The molecule has 0 saturated heterocycles. The highest BCUT2D eigenvalue weighted by Gasteiger charge is 2.19. The summed E-state index contributed by atoms with van der Waals surface area (Å²) < 4.78 is 5.11. The van der Waals surface area contributed by atoms with Gasteiger partial charge in [0.25, 0.3) is 0 Å². The minimum Gasteiger partial charge on any atom is -0.504 e. The number of fused-ring (bicyclic) bond motifs is 1. The Labute approximate surface area is 163 Å². The third kappa shape index (κ3) is 3.89. The summed E-state index contributed by atoms with van der Waals surface area (Å²) in [6, 6.07) is 13.1. The number of hydrogen-bond donors (Lipinski definition) is 1. The fourth-order valence-electron chi connectivity index (χ4n) is 3.32. The van der Waals surface area contributed by atoms with Gasteiger partial charge in [-0.05, 0) is 53.9 Å². The summed E-state index contributed by atoms with van der Waals surface area (Å²) in [4.78, 5) is 11.6. The lowest BCUT2D eigenvalue weighted by atomic mass is 10.1. The van der Waals surface area contributed by atoms with Crippen molar-refractivity contribution >= 4 is 11.6 Å². The van der Waals surface area contributed by atoms with Crippen LogP contribution in [0.25, 0.3) is 11.4 Å². The van der Waals surface area contributed by atoms with Gasteiger partial charge >= 0.3 is 0 Å². The van der Waals surface area contributed by atoms with Gasteiger partial charge in [-0.25, -0.2) is 9.97 Å². The summed E-state index contributed by atoms with van der Waals surface area (Å²) in [7, 11) is 1.55. The molecule has 2 aromatic carbocycles. The van der Waals surface area contributed by atoms with Gasteiger partial charge in [0.2, 0.25) is 0 Å². The molecular weight excluding hydrogens is 362 g/mol. The molecule has 138 valence electrons. The van der Waals surface area contributed by atoms with Gasteiger partial charge in [-0.1, -0.05) is 17.7 Å². The van der Waals surface area contributed by atoms with Crippen molar-refractivity contribution in [2.24, 2.45) is 0 Å². The number of phenolic OH excluding ortho intramolecular Hbond substituents is 1. The maximum Gasteiger partial charge on any atom is 0.160 e. The zero-order valence-corrected chi connectivity index (χ0v) is 15.8. The predicted molar refractivity (Wildman–Crippen MR) is 105 cm³/mol. The first-order chi connectivity index (χ1) is 13.1. The van der Waals surface area contributed by atoms with Gasteiger partial charge in [-0.2, -0.15) is 0 Å². The maximum absolute atomic E-state index is 9.99. The number of halogens is 1. The second kappa shape index (κ2) is 7.55. The molecule has 0 saturated carbocycles. The molecule has 1 aromatic heterocycles. The van der Waals surface area contributed by atoms with Gasteiger partial charge in [0.1, 0.15) is 0 Å². The Hall–Kier alpha value is -2.63. The number of aromatic nitrogens is 2. The number of benzene rings is 2. The van der Waals surface area contributed by atoms with E-state index in [4.69, 9.17) is 21.3 Å². The molecule has 0 unspecified atom stereocenters. The fourth-order valence-corrected chi connectivity index (χ4v) is 3.45. The van der Waals surface area contributed by atoms with E-state index in [1.54, 1.807) is 19.2 Å². The molecule has 1 aliphatic rings. The Balaban J connectivity index is 1.52. The summed E-state index contributed by atoms with van der Waals surface area (Å²) in [6.45, 7) is 2.44. The summed E-state index contributed by atoms with van der Waals surface area (Å²) in [5, 5.41) is 10.7. The number of nitrogens with zero attached hydrogens (tertiary/aromatic N) is 3. The van der Waals surface area contributed by atoms with Crippen LogP contribution in [0.2, 0.25) is 5.02 Å². The van der Waals surface area contributed by atoms with E-state index in [-0.39, 0.29) is 5.75 Å². The first kappa shape index (κ1) is 17.8. The summed E-state index contributed by atoms with van der Waals surface area (Å²) in [6.07, 6.45) is 2.85. The molecule has 6 heteroatoms. The van der Waals surface area contributed by atoms with E-state index < -0.39 is 0 Å². The lowest BCUT2D eigenvalue weighted by Gasteiger charge is -2.28. The van der Waals surface area contributed by atoms with Crippen LogP contribution >= 0.6 is 11.6 Å². The highest BCUT2D eigenvalue weighted by Crippen LogP contribution is 2.28. The molecule has 0 spiro atoms. The lowest BCUT2D eigenvalue weighted by Crippen LogP contribution is -2.31. The molecule has 0 radical (unpaired) electrons. The van der Waals surface area contributed by atoms with Crippen LogP contribution < -0.4 is 4.74 Å². The van der Waals surface area contributed by atoms with E-state index in [0.29, 0.717) is 16.6 Å². The number of ether oxygens (including phenoxy) is 1. The van der Waals surface area contributed by atoms with Crippen LogP contribution in [0.5, 0.6) is 11.5 Å². The molecule has 5 nitrogen and oxygen atoms in total. The third-order valence-corrected chi connectivity index (χ3v) is 5.03. The van der Waals surface area contributed by atoms with Crippen molar-refractivity contribution in [1.29, 1.82) is 0 Å². The van der Waals surface area contributed by atoms with E-state index in [9.17, 15) is 5.11 Å². The van der Waals surface area contributed by atoms with Crippen molar-refractivity contribution in [1.82, 2.24) is 14.9 Å². The van der Waals surface area contributed by atoms with Crippen LogP contribution in [0.4, 0.5) is 0 Å². The quantitative estimate of drug-likeness (QED) is 0.738. The second-order valence-electron chi connectivity index (χ2n) is 6.64. The first-order valence-corrected chi connectivity index (χ1v) is 9.19. The summed E-state index contributed by atoms with van der Waals surface area (Å²) in [5.41, 5.74) is 4.25. The molecular formula is C21H20ClN3O2. The van der Waals surface area contributed by atoms with Crippen molar-refractivity contribution in [2.45, 2.75) is 19.5 Å². The highest BCUT2D eigenvalue weighted by molar-refractivity contribution is 6.30. The molecule has 27 heavy (non-hydrogen) atoms. The van der Waals surface area contributed by atoms with Crippen LogP contribution in [0.3, 0.4) is 0 Å². The van der Waals surface area contributed by atoms with Crippen molar-refractivity contribution in [3.63, 3.8) is 0 Å². The average Bonchev–Trinajstić information content (AvgIpc) is 2.68. The highest BCUT2D eigenvalue weighted by atomic mass is 35.5.